The van der Waals surface area contributed by atoms with E-state index in [-0.39, 0.29) is 4.68 Å². The topological polar surface area (TPSA) is 60.2 Å². The van der Waals surface area contributed by atoms with Crippen LogP contribution in [0.3, 0.4) is 0 Å². The van der Waals surface area contributed by atoms with Crippen molar-refractivity contribution in [1.82, 2.24) is 0 Å². The van der Waals surface area contributed by atoms with E-state index in [9.17, 15) is 9.59 Å². The van der Waals surface area contributed by atoms with Gasteiger partial charge in [0, 0.05) is 0 Å². The number of hydrogen-bond donors (Lipinski definition) is 1. The fraction of sp³-hybridized carbons (Fsp3) is 0. The molecule has 12 heavy (non-hydrogen) atoms. The Labute approximate surface area is 77.8 Å². The first-order chi connectivity index (χ1) is 5.61. The summed E-state index contributed by atoms with van der Waals surface area (Å²) in [7, 11) is 0. The van der Waals surface area contributed by atoms with Gasteiger partial charge in [-0.25, -0.2) is 0 Å². The van der Waals surface area contributed by atoms with E-state index in [4.69, 9.17) is 5.73 Å². The Kier molecular flexibility index (Phi) is 2.63. The molecule has 0 aliphatic heterocycles. The van der Waals surface area contributed by atoms with Crippen molar-refractivity contribution < 1.29 is 9.59 Å². The van der Waals surface area contributed by atoms with Gasteiger partial charge in [0.15, 0.2) is 0 Å². The van der Waals surface area contributed by atoms with Crippen LogP contribution in [0.1, 0.15) is 20.7 Å². The van der Waals surface area contributed by atoms with E-state index in [1.54, 1.807) is 12.1 Å². The molecule has 0 aromatic heterocycles. The van der Waals surface area contributed by atoms with Crippen LogP contribution in [0.15, 0.2) is 24.3 Å². The van der Waals surface area contributed by atoms with Gasteiger partial charge in [0.2, 0.25) is 0 Å². The second-order valence-corrected chi connectivity index (χ2v) is 3.01. The molecule has 0 unspecified atom stereocenters. The maximum atomic E-state index is 10.8. The second-order valence-electron chi connectivity index (χ2n) is 2.23. The van der Waals surface area contributed by atoms with Crippen LogP contribution in [0.25, 0.3) is 0 Å². The molecule has 0 heterocycles. The molecule has 2 N–H and O–H groups in total. The number of carbonyl (C=O) groups excluding carboxylic acids is 2. The summed E-state index contributed by atoms with van der Waals surface area (Å²) in [5.74, 6) is -0.492. The van der Waals surface area contributed by atoms with E-state index < -0.39 is 5.91 Å². The monoisotopic (exact) mass is 228 g/mol. The summed E-state index contributed by atoms with van der Waals surface area (Å²) in [6.45, 7) is 0. The number of rotatable bonds is 2. The van der Waals surface area contributed by atoms with Crippen LogP contribution in [-0.4, -0.2) is 26.6 Å². The second kappa shape index (κ2) is 3.52. The minimum atomic E-state index is -0.492. The van der Waals surface area contributed by atoms with Gasteiger partial charge in [0.1, 0.15) is 0 Å². The summed E-state index contributed by atoms with van der Waals surface area (Å²) in [5, 5.41) is 0. The average molecular weight is 227 g/mol. The normalized spacial score (nSPS) is 9.33. The van der Waals surface area contributed by atoms with E-state index in [0.29, 0.717) is 11.1 Å². The molecule has 0 aliphatic carbocycles. The number of amides is 1. The molecule has 1 radical (unpaired) electrons. The first-order valence-corrected chi connectivity index (χ1v) is 4.08. The molecule has 1 aromatic rings. The number of primary amides is 1. The predicted molar refractivity (Wildman–Crippen MR) is 45.0 cm³/mol. The third-order valence-corrected chi connectivity index (χ3v) is 1.90. The minimum absolute atomic E-state index is 0.147. The summed E-state index contributed by atoms with van der Waals surface area (Å²) < 4.78 is -0.147. The molecule has 3 nitrogen and oxygen atoms in total. The molecule has 1 rings (SSSR count). The Bertz CT molecular complexity index is 285. The molecule has 0 saturated carbocycles. The molecular formula is C8H6NO2Se. The third kappa shape index (κ3) is 1.93. The van der Waals surface area contributed by atoms with Crippen molar-refractivity contribution in [3.63, 3.8) is 0 Å². The van der Waals surface area contributed by atoms with Crippen LogP contribution in [0.5, 0.6) is 0 Å². The molecule has 0 spiro atoms. The number of hydrogen-bond acceptors (Lipinski definition) is 2. The van der Waals surface area contributed by atoms with Crippen LogP contribution in [0.2, 0.25) is 0 Å². The van der Waals surface area contributed by atoms with Gasteiger partial charge in [-0.05, 0) is 0 Å². The van der Waals surface area contributed by atoms with Crippen molar-refractivity contribution in [1.29, 1.82) is 0 Å². The molecule has 0 bridgehead atoms. The Morgan fingerprint density at radius 1 is 1.08 bits per heavy atom. The molecule has 4 heteroatoms. The summed E-state index contributed by atoms with van der Waals surface area (Å²) in [5.41, 5.74) is 5.94. The zero-order valence-corrected chi connectivity index (χ0v) is 7.82. The zero-order valence-electron chi connectivity index (χ0n) is 6.11. The zero-order chi connectivity index (χ0) is 9.14. The van der Waals surface area contributed by atoms with E-state index in [2.05, 4.69) is 16.0 Å². The number of carbonyl (C=O) groups is 2. The predicted octanol–water partition coefficient (Wildman–Crippen LogP) is 0.0942. The van der Waals surface area contributed by atoms with Crippen molar-refractivity contribution >= 4 is 26.6 Å². The summed E-state index contributed by atoms with van der Waals surface area (Å²) in [4.78, 5) is 21.4. The van der Waals surface area contributed by atoms with E-state index >= 15 is 0 Å². The van der Waals surface area contributed by atoms with E-state index in [1.807, 2.05) is 0 Å². The van der Waals surface area contributed by atoms with Crippen LogP contribution < -0.4 is 5.73 Å². The van der Waals surface area contributed by atoms with Crippen molar-refractivity contribution in [2.24, 2.45) is 5.73 Å². The molecule has 0 aliphatic rings. The van der Waals surface area contributed by atoms with Gasteiger partial charge < -0.3 is 0 Å². The summed E-state index contributed by atoms with van der Waals surface area (Å²) in [6, 6.07) is 6.15. The SMILES string of the molecule is NC(=O)c1ccc(C(=O)[Se])cc1. The summed E-state index contributed by atoms with van der Waals surface area (Å²) >= 11 is 2.35. The van der Waals surface area contributed by atoms with E-state index in [0.717, 1.165) is 0 Å². The quantitative estimate of drug-likeness (QED) is 0.728. The molecular weight excluding hydrogens is 221 g/mol. The van der Waals surface area contributed by atoms with Crippen molar-refractivity contribution in [2.75, 3.05) is 0 Å². The van der Waals surface area contributed by atoms with E-state index in [1.165, 1.54) is 12.1 Å². The Morgan fingerprint density at radius 2 is 1.50 bits per heavy atom. The van der Waals surface area contributed by atoms with Gasteiger partial charge >= 0.3 is 77.3 Å². The van der Waals surface area contributed by atoms with Crippen molar-refractivity contribution in [3.05, 3.63) is 35.4 Å². The molecule has 61 valence electrons. The number of benzene rings is 1. The maximum absolute atomic E-state index is 10.8. The third-order valence-electron chi connectivity index (χ3n) is 1.41. The Morgan fingerprint density at radius 3 is 1.83 bits per heavy atom. The number of nitrogens with two attached hydrogens (primary N) is 1. The summed E-state index contributed by atoms with van der Waals surface area (Å²) in [6.07, 6.45) is 0. The van der Waals surface area contributed by atoms with Crippen LogP contribution >= 0.6 is 0 Å². The molecule has 1 amide bonds. The molecule has 0 fully saturated rings. The van der Waals surface area contributed by atoms with Crippen molar-refractivity contribution in [2.45, 2.75) is 0 Å². The first kappa shape index (κ1) is 8.97. The van der Waals surface area contributed by atoms with Crippen LogP contribution in [0.4, 0.5) is 0 Å². The van der Waals surface area contributed by atoms with Gasteiger partial charge in [0.05, 0.1) is 0 Å². The Balaban J connectivity index is 3.01. The molecule has 1 aromatic carbocycles. The Hall–Kier alpha value is -1.12. The first-order valence-electron chi connectivity index (χ1n) is 3.22. The molecule has 0 saturated heterocycles. The average Bonchev–Trinajstić information content (AvgIpc) is 2.04. The van der Waals surface area contributed by atoms with Crippen LogP contribution in [0, 0.1) is 0 Å². The van der Waals surface area contributed by atoms with Gasteiger partial charge in [0.25, 0.3) is 0 Å². The van der Waals surface area contributed by atoms with Gasteiger partial charge in [-0.15, -0.1) is 0 Å². The van der Waals surface area contributed by atoms with Gasteiger partial charge in [-0.3, -0.25) is 0 Å². The van der Waals surface area contributed by atoms with Gasteiger partial charge in [-0.2, -0.15) is 0 Å². The fourth-order valence-corrected chi connectivity index (χ4v) is 1.06. The molecule has 0 atom stereocenters. The fourth-order valence-electron chi connectivity index (χ4n) is 0.771. The van der Waals surface area contributed by atoms with Gasteiger partial charge in [-0.1, -0.05) is 0 Å². The van der Waals surface area contributed by atoms with Crippen LogP contribution in [-0.2, 0) is 0 Å². The van der Waals surface area contributed by atoms with Crippen molar-refractivity contribution in [3.8, 4) is 0 Å². The standard InChI is InChI=1S/C8H6NO2Se/c9-7(10)5-1-3-6(4-2-5)8(11)12/h1-4H,(H2,9,10).